The third-order valence-corrected chi connectivity index (χ3v) is 4.20. The number of hydrogen-bond acceptors (Lipinski definition) is 4. The van der Waals surface area contributed by atoms with E-state index in [0.717, 1.165) is 5.56 Å². The van der Waals surface area contributed by atoms with Crippen molar-refractivity contribution in [3.63, 3.8) is 0 Å². The molecule has 7 heteroatoms. The van der Waals surface area contributed by atoms with E-state index in [4.69, 9.17) is 0 Å². The Hall–Kier alpha value is -3.61. The molecular weight excluding hydrogens is 346 g/mol. The first-order chi connectivity index (χ1) is 13.0. The molecule has 0 radical (unpaired) electrons. The van der Waals surface area contributed by atoms with Gasteiger partial charge in [-0.1, -0.05) is 25.1 Å². The average molecular weight is 365 g/mol. The van der Waals surface area contributed by atoms with Crippen LogP contribution >= 0.6 is 0 Å². The van der Waals surface area contributed by atoms with E-state index >= 15 is 0 Å². The van der Waals surface area contributed by atoms with E-state index in [1.807, 2.05) is 13.0 Å². The Bertz CT molecular complexity index is 1070. The SMILES string of the molecule is CCc1ccc(NC(=O)c2c[nH]c3ccccc3c2=O)cc1NC(=O)OC. The van der Waals surface area contributed by atoms with Crippen LogP contribution in [-0.4, -0.2) is 24.1 Å². The van der Waals surface area contributed by atoms with E-state index < -0.39 is 12.0 Å². The minimum atomic E-state index is -0.598. The van der Waals surface area contributed by atoms with Crippen LogP contribution in [0.5, 0.6) is 0 Å². The zero-order valence-corrected chi connectivity index (χ0v) is 15.0. The van der Waals surface area contributed by atoms with Crippen molar-refractivity contribution in [3.8, 4) is 0 Å². The lowest BCUT2D eigenvalue weighted by Crippen LogP contribution is -2.22. The molecule has 0 saturated heterocycles. The fourth-order valence-corrected chi connectivity index (χ4v) is 2.77. The first kappa shape index (κ1) is 18.2. The van der Waals surface area contributed by atoms with Gasteiger partial charge < -0.3 is 15.0 Å². The maximum atomic E-state index is 12.6. The van der Waals surface area contributed by atoms with Crippen molar-refractivity contribution in [2.45, 2.75) is 13.3 Å². The fraction of sp³-hybridized carbons (Fsp3) is 0.150. The Labute approximate surface area is 155 Å². The van der Waals surface area contributed by atoms with Gasteiger partial charge in [0.25, 0.3) is 5.91 Å². The number of H-pyrrole nitrogens is 1. The van der Waals surface area contributed by atoms with E-state index in [2.05, 4.69) is 20.4 Å². The second-order valence-corrected chi connectivity index (χ2v) is 5.87. The first-order valence-electron chi connectivity index (χ1n) is 8.43. The van der Waals surface area contributed by atoms with Crippen molar-refractivity contribution in [2.24, 2.45) is 0 Å². The van der Waals surface area contributed by atoms with Crippen LogP contribution in [0, 0.1) is 0 Å². The zero-order chi connectivity index (χ0) is 19.4. The van der Waals surface area contributed by atoms with Gasteiger partial charge in [0.2, 0.25) is 5.43 Å². The molecule has 3 aromatic rings. The first-order valence-corrected chi connectivity index (χ1v) is 8.43. The topological polar surface area (TPSA) is 100 Å². The number of fused-ring (bicyclic) bond motifs is 1. The molecule has 2 amide bonds. The van der Waals surface area contributed by atoms with E-state index in [1.54, 1.807) is 36.4 Å². The monoisotopic (exact) mass is 365 g/mol. The van der Waals surface area contributed by atoms with Crippen molar-refractivity contribution in [1.29, 1.82) is 0 Å². The van der Waals surface area contributed by atoms with Crippen molar-refractivity contribution in [1.82, 2.24) is 4.98 Å². The number of carbonyl (C=O) groups is 2. The van der Waals surface area contributed by atoms with Gasteiger partial charge in [0.1, 0.15) is 5.56 Å². The number of ether oxygens (including phenoxy) is 1. The third-order valence-electron chi connectivity index (χ3n) is 4.20. The number of anilines is 2. The van der Waals surface area contributed by atoms with Gasteiger partial charge >= 0.3 is 6.09 Å². The molecule has 0 atom stereocenters. The average Bonchev–Trinajstić information content (AvgIpc) is 2.68. The molecule has 0 fully saturated rings. The molecule has 3 rings (SSSR count). The third kappa shape index (κ3) is 3.82. The number of amides is 2. The number of hydrogen-bond donors (Lipinski definition) is 3. The molecule has 7 nitrogen and oxygen atoms in total. The molecule has 138 valence electrons. The quantitative estimate of drug-likeness (QED) is 0.658. The molecule has 0 aliphatic heterocycles. The zero-order valence-electron chi connectivity index (χ0n) is 15.0. The van der Waals surface area contributed by atoms with E-state index in [9.17, 15) is 14.4 Å². The molecule has 2 aromatic carbocycles. The lowest BCUT2D eigenvalue weighted by Gasteiger charge is -2.12. The Morgan fingerprint density at radius 2 is 1.89 bits per heavy atom. The van der Waals surface area contributed by atoms with E-state index in [0.29, 0.717) is 28.7 Å². The van der Waals surface area contributed by atoms with Gasteiger partial charge in [-0.3, -0.25) is 14.9 Å². The maximum absolute atomic E-state index is 12.6. The van der Waals surface area contributed by atoms with Crippen molar-refractivity contribution >= 4 is 34.3 Å². The standard InChI is InChI=1S/C20H19N3O4/c1-3-12-8-9-13(10-17(12)23-20(26)27-2)22-19(25)15-11-21-16-7-5-4-6-14(16)18(15)24/h4-11H,3H2,1-2H3,(H,21,24)(H,22,25)(H,23,26). The number of benzene rings is 2. The van der Waals surface area contributed by atoms with E-state index in [-0.39, 0.29) is 11.0 Å². The van der Waals surface area contributed by atoms with Gasteiger partial charge in [0.15, 0.2) is 0 Å². The van der Waals surface area contributed by atoms with Crippen molar-refractivity contribution in [3.05, 3.63) is 70.0 Å². The molecule has 0 aliphatic rings. The summed E-state index contributed by atoms with van der Waals surface area (Å²) in [5, 5.41) is 5.76. The molecule has 27 heavy (non-hydrogen) atoms. The fourth-order valence-electron chi connectivity index (χ4n) is 2.77. The van der Waals surface area contributed by atoms with Crippen LogP contribution in [0.25, 0.3) is 10.9 Å². The second-order valence-electron chi connectivity index (χ2n) is 5.87. The summed E-state index contributed by atoms with van der Waals surface area (Å²) in [4.78, 5) is 39.6. The van der Waals surface area contributed by atoms with Crippen molar-refractivity contribution in [2.75, 3.05) is 17.7 Å². The molecular formula is C20H19N3O4. The van der Waals surface area contributed by atoms with Gasteiger partial charge in [-0.05, 0) is 36.2 Å². The lowest BCUT2D eigenvalue weighted by molar-refractivity contribution is 0.102. The number of rotatable bonds is 4. The van der Waals surface area contributed by atoms with Crippen LogP contribution in [0.2, 0.25) is 0 Å². The highest BCUT2D eigenvalue weighted by molar-refractivity contribution is 6.06. The predicted octanol–water partition coefficient (Wildman–Crippen LogP) is 3.52. The Morgan fingerprint density at radius 3 is 2.63 bits per heavy atom. The molecule has 3 N–H and O–H groups in total. The van der Waals surface area contributed by atoms with Crippen LogP contribution in [0.15, 0.2) is 53.5 Å². The highest BCUT2D eigenvalue weighted by Crippen LogP contribution is 2.22. The van der Waals surface area contributed by atoms with Crippen LogP contribution in [0.3, 0.4) is 0 Å². The highest BCUT2D eigenvalue weighted by atomic mass is 16.5. The summed E-state index contributed by atoms with van der Waals surface area (Å²) in [6, 6.07) is 12.1. The number of methoxy groups -OCH3 is 1. The van der Waals surface area contributed by atoms with Gasteiger partial charge in [0.05, 0.1) is 7.11 Å². The summed E-state index contributed by atoms with van der Waals surface area (Å²) in [5.74, 6) is -0.532. The molecule has 0 aliphatic carbocycles. The van der Waals surface area contributed by atoms with Crippen LogP contribution in [0.4, 0.5) is 16.2 Å². The van der Waals surface area contributed by atoms with Crippen molar-refractivity contribution < 1.29 is 14.3 Å². The van der Waals surface area contributed by atoms with E-state index in [1.165, 1.54) is 13.3 Å². The summed E-state index contributed by atoms with van der Waals surface area (Å²) < 4.78 is 4.62. The summed E-state index contributed by atoms with van der Waals surface area (Å²) in [7, 11) is 1.28. The minimum Gasteiger partial charge on any atom is -0.453 e. The van der Waals surface area contributed by atoms with Gasteiger partial charge in [0, 0.05) is 28.5 Å². The second kappa shape index (κ2) is 7.74. The number of nitrogens with one attached hydrogen (secondary N) is 3. The summed E-state index contributed by atoms with van der Waals surface area (Å²) in [6.45, 7) is 1.95. The highest BCUT2D eigenvalue weighted by Gasteiger charge is 2.14. The number of carbonyl (C=O) groups excluding carboxylic acids is 2. The molecule has 1 aromatic heterocycles. The Morgan fingerprint density at radius 1 is 1.11 bits per heavy atom. The van der Waals surface area contributed by atoms with Gasteiger partial charge in [-0.25, -0.2) is 4.79 Å². The number of aromatic nitrogens is 1. The largest absolute Gasteiger partial charge is 0.453 e. The Kier molecular flexibility index (Phi) is 5.21. The number of aryl methyl sites for hydroxylation is 1. The predicted molar refractivity (Wildman–Crippen MR) is 104 cm³/mol. The lowest BCUT2D eigenvalue weighted by atomic mass is 10.1. The van der Waals surface area contributed by atoms with Crippen LogP contribution < -0.4 is 16.1 Å². The molecule has 1 heterocycles. The molecule has 0 spiro atoms. The van der Waals surface area contributed by atoms with Gasteiger partial charge in [-0.15, -0.1) is 0 Å². The number of aromatic amines is 1. The smallest absolute Gasteiger partial charge is 0.411 e. The normalized spacial score (nSPS) is 10.4. The number of pyridine rings is 1. The molecule has 0 saturated carbocycles. The Balaban J connectivity index is 1.90. The minimum absolute atomic E-state index is 0.00995. The maximum Gasteiger partial charge on any atom is 0.411 e. The van der Waals surface area contributed by atoms with Crippen LogP contribution in [-0.2, 0) is 11.2 Å². The van der Waals surface area contributed by atoms with Crippen LogP contribution in [0.1, 0.15) is 22.8 Å². The molecule has 0 bridgehead atoms. The summed E-state index contributed by atoms with van der Waals surface area (Å²) in [6.07, 6.45) is 1.49. The summed E-state index contributed by atoms with van der Waals surface area (Å²) >= 11 is 0. The molecule has 0 unspecified atom stereocenters. The number of para-hydroxylation sites is 1. The van der Waals surface area contributed by atoms with Gasteiger partial charge in [-0.2, -0.15) is 0 Å². The summed E-state index contributed by atoms with van der Waals surface area (Å²) in [5.41, 5.74) is 2.21.